The Morgan fingerprint density at radius 3 is 2.57 bits per heavy atom. The highest BCUT2D eigenvalue weighted by Gasteiger charge is 2.32. The number of hydrogen-bond donors (Lipinski definition) is 3. The molecule has 0 aliphatic carbocycles. The summed E-state index contributed by atoms with van der Waals surface area (Å²) < 4.78 is 26.9. The van der Waals surface area contributed by atoms with Crippen LogP contribution in [-0.2, 0) is 19.2 Å². The highest BCUT2D eigenvalue weighted by molar-refractivity contribution is 8.26. The number of thioether (sulfide) groups is 1. The number of carbonyl (C=O) groups excluding carboxylic acids is 3. The van der Waals surface area contributed by atoms with E-state index in [4.69, 9.17) is 23.1 Å². The number of carboxylic acid groups (broad SMARTS) is 1. The predicted octanol–water partition coefficient (Wildman–Crippen LogP) is 3.12. The molecule has 1 aromatic carbocycles. The summed E-state index contributed by atoms with van der Waals surface area (Å²) in [5.74, 6) is -4.85. The third-order valence-corrected chi connectivity index (χ3v) is 7.17. The Kier molecular flexibility index (Phi) is 8.70. The van der Waals surface area contributed by atoms with E-state index in [-0.39, 0.29) is 30.1 Å². The van der Waals surface area contributed by atoms with Gasteiger partial charge in [0.15, 0.2) is 11.6 Å². The van der Waals surface area contributed by atoms with Crippen molar-refractivity contribution in [3.05, 3.63) is 51.1 Å². The van der Waals surface area contributed by atoms with Crippen LogP contribution >= 0.6 is 35.3 Å². The number of carboxylic acids is 1. The van der Waals surface area contributed by atoms with E-state index in [0.29, 0.717) is 20.9 Å². The highest BCUT2D eigenvalue weighted by atomic mass is 32.2. The molecule has 1 fully saturated rings. The topological polar surface area (TPSA) is 130 Å². The number of nitrogens with zero attached hydrogens (tertiary/aromatic N) is 1. The molecular formula is C22H19F2N3O5S3. The summed E-state index contributed by atoms with van der Waals surface area (Å²) >= 11 is 7.63. The molecule has 35 heavy (non-hydrogen) atoms. The summed E-state index contributed by atoms with van der Waals surface area (Å²) in [5.41, 5.74) is 6.36. The van der Waals surface area contributed by atoms with Gasteiger partial charge >= 0.3 is 5.97 Å². The second-order valence-electron chi connectivity index (χ2n) is 7.40. The van der Waals surface area contributed by atoms with Crippen molar-refractivity contribution in [3.63, 3.8) is 0 Å². The van der Waals surface area contributed by atoms with E-state index in [0.717, 1.165) is 23.9 Å². The molecule has 184 valence electrons. The number of thiophene rings is 1. The molecule has 1 aromatic heterocycles. The fourth-order valence-electron chi connectivity index (χ4n) is 3.11. The average molecular weight is 540 g/mol. The Labute approximate surface area is 212 Å². The van der Waals surface area contributed by atoms with E-state index in [1.165, 1.54) is 22.3 Å². The first kappa shape index (κ1) is 26.4. The van der Waals surface area contributed by atoms with Crippen molar-refractivity contribution in [1.29, 1.82) is 0 Å². The maximum atomic E-state index is 13.5. The van der Waals surface area contributed by atoms with Gasteiger partial charge in [-0.1, -0.05) is 30.0 Å². The van der Waals surface area contributed by atoms with E-state index >= 15 is 0 Å². The lowest BCUT2D eigenvalue weighted by Crippen LogP contribution is -2.45. The lowest BCUT2D eigenvalue weighted by atomic mass is 10.1. The van der Waals surface area contributed by atoms with Crippen molar-refractivity contribution in [3.8, 4) is 11.1 Å². The number of aliphatic carboxylic acids is 1. The van der Waals surface area contributed by atoms with E-state index < -0.39 is 41.4 Å². The molecule has 2 heterocycles. The molecule has 1 aliphatic rings. The standard InChI is InChI=1S/C22H19F2N3O5S3/c23-14-2-1-11(8-15(14)24)12-7-13(34-10-12)9-17-21(32)27(22(33)35-17)6-5-18(28)26-16(20(25)31)3-4-19(29)30/h1-2,7-10,16H,3-6H2,(H2,25,31)(H,26,28)(H,29,30)/b17-9-/t16-/m0/s1. The average Bonchev–Trinajstić information content (AvgIpc) is 3.36. The minimum atomic E-state index is -1.13. The maximum Gasteiger partial charge on any atom is 0.303 e. The monoisotopic (exact) mass is 539 g/mol. The smallest absolute Gasteiger partial charge is 0.303 e. The number of nitrogens with two attached hydrogens (primary N) is 1. The summed E-state index contributed by atoms with van der Waals surface area (Å²) in [5, 5.41) is 12.9. The first-order chi connectivity index (χ1) is 16.5. The summed E-state index contributed by atoms with van der Waals surface area (Å²) in [6.45, 7) is -0.0389. The van der Waals surface area contributed by atoms with Crippen LogP contribution in [0, 0.1) is 11.6 Å². The fraction of sp³-hybridized carbons (Fsp3) is 0.227. The summed E-state index contributed by atoms with van der Waals surface area (Å²) in [4.78, 5) is 49.4. The fourth-order valence-corrected chi connectivity index (χ4v) is 5.33. The van der Waals surface area contributed by atoms with Gasteiger partial charge < -0.3 is 16.2 Å². The van der Waals surface area contributed by atoms with Gasteiger partial charge in [0.25, 0.3) is 5.91 Å². The van der Waals surface area contributed by atoms with Gasteiger partial charge in [-0.05, 0) is 47.2 Å². The molecule has 0 unspecified atom stereocenters. The van der Waals surface area contributed by atoms with Gasteiger partial charge in [-0.2, -0.15) is 0 Å². The molecule has 0 bridgehead atoms. The second-order valence-corrected chi connectivity index (χ2v) is 10.0. The van der Waals surface area contributed by atoms with Crippen LogP contribution in [0.5, 0.6) is 0 Å². The van der Waals surface area contributed by atoms with E-state index in [1.807, 2.05) is 0 Å². The minimum Gasteiger partial charge on any atom is -0.481 e. The summed E-state index contributed by atoms with van der Waals surface area (Å²) in [7, 11) is 0. The molecule has 0 radical (unpaired) electrons. The third kappa shape index (κ3) is 6.93. The summed E-state index contributed by atoms with van der Waals surface area (Å²) in [6, 6.07) is 4.20. The number of benzene rings is 1. The van der Waals surface area contributed by atoms with Crippen LogP contribution in [0.2, 0.25) is 0 Å². The Bertz CT molecular complexity index is 1230. The quantitative estimate of drug-likeness (QED) is 0.312. The van der Waals surface area contributed by atoms with Gasteiger partial charge in [-0.15, -0.1) is 11.3 Å². The van der Waals surface area contributed by atoms with Crippen molar-refractivity contribution < 1.29 is 33.1 Å². The van der Waals surface area contributed by atoms with Gasteiger partial charge in [0.1, 0.15) is 10.4 Å². The normalized spacial score (nSPS) is 15.5. The van der Waals surface area contributed by atoms with E-state index in [1.54, 1.807) is 17.5 Å². The molecule has 0 saturated carbocycles. The first-order valence-corrected chi connectivity index (χ1v) is 12.3. The molecule has 1 aliphatic heterocycles. The molecule has 1 atom stereocenters. The third-order valence-electron chi connectivity index (χ3n) is 4.91. The number of nitrogens with one attached hydrogen (secondary N) is 1. The van der Waals surface area contributed by atoms with Crippen molar-refractivity contribution in [2.24, 2.45) is 5.73 Å². The number of amides is 3. The molecule has 0 spiro atoms. The van der Waals surface area contributed by atoms with Crippen LogP contribution in [0.1, 0.15) is 24.1 Å². The molecule has 1 saturated heterocycles. The predicted molar refractivity (Wildman–Crippen MR) is 132 cm³/mol. The van der Waals surface area contributed by atoms with Gasteiger partial charge in [-0.3, -0.25) is 24.1 Å². The number of rotatable bonds is 10. The van der Waals surface area contributed by atoms with Crippen LogP contribution in [0.25, 0.3) is 17.2 Å². The van der Waals surface area contributed by atoms with Crippen molar-refractivity contribution >= 4 is 69.4 Å². The Balaban J connectivity index is 1.61. The molecule has 8 nitrogen and oxygen atoms in total. The number of carbonyl (C=O) groups is 4. The Hall–Kier alpha value is -3.16. The zero-order valence-corrected chi connectivity index (χ0v) is 20.4. The zero-order valence-electron chi connectivity index (χ0n) is 18.0. The van der Waals surface area contributed by atoms with E-state index in [9.17, 15) is 28.0 Å². The van der Waals surface area contributed by atoms with Crippen LogP contribution in [0.15, 0.2) is 34.6 Å². The first-order valence-electron chi connectivity index (χ1n) is 10.1. The molecule has 3 amide bonds. The minimum absolute atomic E-state index is 0.0389. The number of primary amides is 1. The molecule has 4 N–H and O–H groups in total. The number of thiocarbonyl (C=S) groups is 1. The van der Waals surface area contributed by atoms with Crippen LogP contribution < -0.4 is 11.1 Å². The van der Waals surface area contributed by atoms with Crippen molar-refractivity contribution in [1.82, 2.24) is 10.2 Å². The van der Waals surface area contributed by atoms with Gasteiger partial charge in [-0.25, -0.2) is 8.78 Å². The molecule has 13 heteroatoms. The number of halogens is 2. The molecular weight excluding hydrogens is 520 g/mol. The number of hydrogen-bond acceptors (Lipinski definition) is 7. The maximum absolute atomic E-state index is 13.5. The molecule has 3 rings (SSSR count). The molecule has 2 aromatic rings. The van der Waals surface area contributed by atoms with E-state index in [2.05, 4.69) is 5.32 Å². The highest BCUT2D eigenvalue weighted by Crippen LogP contribution is 2.35. The van der Waals surface area contributed by atoms with Crippen LogP contribution in [0.3, 0.4) is 0 Å². The largest absolute Gasteiger partial charge is 0.481 e. The second kappa shape index (κ2) is 11.5. The zero-order chi connectivity index (χ0) is 25.7. The summed E-state index contributed by atoms with van der Waals surface area (Å²) in [6.07, 6.45) is 0.972. The Morgan fingerprint density at radius 2 is 1.91 bits per heavy atom. The lowest BCUT2D eigenvalue weighted by Gasteiger charge is -2.17. The van der Waals surface area contributed by atoms with Crippen LogP contribution in [-0.4, -0.2) is 50.6 Å². The van der Waals surface area contributed by atoms with Crippen molar-refractivity contribution in [2.45, 2.75) is 25.3 Å². The van der Waals surface area contributed by atoms with Gasteiger partial charge in [0.2, 0.25) is 11.8 Å². The van der Waals surface area contributed by atoms with Gasteiger partial charge in [0, 0.05) is 24.3 Å². The van der Waals surface area contributed by atoms with Gasteiger partial charge in [0.05, 0.1) is 4.91 Å². The SMILES string of the molecule is NC(=O)[C@H](CCC(=O)O)NC(=O)CCN1C(=O)/C(=C/c2cc(-c3ccc(F)c(F)c3)cs2)SC1=S. The lowest BCUT2D eigenvalue weighted by molar-refractivity contribution is -0.138. The van der Waals surface area contributed by atoms with Crippen molar-refractivity contribution in [2.75, 3.05) is 6.54 Å². The van der Waals surface area contributed by atoms with Crippen LogP contribution in [0.4, 0.5) is 8.78 Å². The Morgan fingerprint density at radius 1 is 1.17 bits per heavy atom.